The van der Waals surface area contributed by atoms with Crippen LogP contribution in [0.25, 0.3) is 0 Å². The van der Waals surface area contributed by atoms with Crippen molar-refractivity contribution in [2.24, 2.45) is 0 Å². The minimum Gasteiger partial charge on any atom is -0.322 e. The molecule has 134 valence electrons. The summed E-state index contributed by atoms with van der Waals surface area (Å²) in [5, 5.41) is 15.4. The average molecular weight is 346 g/mol. The van der Waals surface area contributed by atoms with Crippen LogP contribution in [0, 0.1) is 10.1 Å². The van der Waals surface area contributed by atoms with Crippen molar-refractivity contribution in [1.82, 2.24) is 10.2 Å². The molecule has 8 heteroatoms. The molecule has 1 N–H and O–H groups in total. The summed E-state index contributed by atoms with van der Waals surface area (Å²) < 4.78 is 0. The van der Waals surface area contributed by atoms with E-state index in [0.29, 0.717) is 30.7 Å². The highest BCUT2D eigenvalue weighted by atomic mass is 16.7. The third-order valence-corrected chi connectivity index (χ3v) is 5.75. The molecule has 4 rings (SSSR count). The Labute approximate surface area is 145 Å². The minimum atomic E-state index is -0.478. The van der Waals surface area contributed by atoms with E-state index in [-0.39, 0.29) is 11.7 Å². The molecule has 0 radical (unpaired) electrons. The highest BCUT2D eigenvalue weighted by Crippen LogP contribution is 2.35. The van der Waals surface area contributed by atoms with Crippen LogP contribution in [0.2, 0.25) is 0 Å². The van der Waals surface area contributed by atoms with E-state index in [1.165, 1.54) is 30.0 Å². The predicted molar refractivity (Wildman–Crippen MR) is 91.4 cm³/mol. The lowest BCUT2D eigenvalue weighted by Gasteiger charge is -2.36. The van der Waals surface area contributed by atoms with Crippen molar-refractivity contribution in [1.29, 1.82) is 0 Å². The Kier molecular flexibility index (Phi) is 3.99. The van der Waals surface area contributed by atoms with Gasteiger partial charge in [0.1, 0.15) is 0 Å². The van der Waals surface area contributed by atoms with Crippen molar-refractivity contribution in [2.75, 3.05) is 18.7 Å². The van der Waals surface area contributed by atoms with Crippen molar-refractivity contribution in [3.8, 4) is 0 Å². The van der Waals surface area contributed by atoms with Gasteiger partial charge in [0.25, 0.3) is 5.69 Å². The van der Waals surface area contributed by atoms with Crippen LogP contribution >= 0.6 is 0 Å². The molecule has 25 heavy (non-hydrogen) atoms. The Hall–Kier alpha value is -2.35. The molecule has 3 heterocycles. The van der Waals surface area contributed by atoms with Gasteiger partial charge in [-0.2, -0.15) is 0 Å². The van der Waals surface area contributed by atoms with E-state index in [1.54, 1.807) is 6.07 Å². The van der Waals surface area contributed by atoms with Crippen molar-refractivity contribution in [3.63, 3.8) is 0 Å². The van der Waals surface area contributed by atoms with E-state index < -0.39 is 11.0 Å². The fourth-order valence-corrected chi connectivity index (χ4v) is 4.37. The Morgan fingerprint density at radius 1 is 1.32 bits per heavy atom. The van der Waals surface area contributed by atoms with Gasteiger partial charge >= 0.3 is 6.09 Å². The summed E-state index contributed by atoms with van der Waals surface area (Å²) in [6, 6.07) is 5.89. The van der Waals surface area contributed by atoms with Crippen LogP contribution in [0.15, 0.2) is 18.2 Å². The molecule has 1 aromatic rings. The number of nitro groups is 1. The lowest BCUT2D eigenvalue weighted by Crippen LogP contribution is -2.49. The lowest BCUT2D eigenvalue weighted by molar-refractivity contribution is -0.384. The quantitative estimate of drug-likeness (QED) is 0.667. The van der Waals surface area contributed by atoms with E-state index in [4.69, 9.17) is 4.84 Å². The van der Waals surface area contributed by atoms with Crippen molar-refractivity contribution in [3.05, 3.63) is 33.9 Å². The molecular weight excluding hydrogens is 324 g/mol. The van der Waals surface area contributed by atoms with Gasteiger partial charge in [0.05, 0.1) is 17.2 Å². The maximum atomic E-state index is 12.3. The molecule has 0 saturated carbocycles. The van der Waals surface area contributed by atoms with Crippen LogP contribution < -0.4 is 10.4 Å². The summed E-state index contributed by atoms with van der Waals surface area (Å²) in [5.41, 5.74) is 1.56. The molecule has 0 aromatic heterocycles. The molecule has 2 saturated heterocycles. The number of hydrogen-bond acceptors (Lipinski definition) is 6. The number of hydroxylamine groups is 1. The highest BCUT2D eigenvalue weighted by molar-refractivity contribution is 5.71. The number of nitrogens with one attached hydrogen (secondary N) is 1. The molecule has 1 amide bonds. The molecule has 8 nitrogen and oxygen atoms in total. The Balaban J connectivity index is 1.38. The second-order valence-corrected chi connectivity index (χ2v) is 7.16. The van der Waals surface area contributed by atoms with Crippen LogP contribution in [0.1, 0.15) is 31.2 Å². The van der Waals surface area contributed by atoms with Gasteiger partial charge in [-0.3, -0.25) is 10.1 Å². The molecule has 2 bridgehead atoms. The maximum absolute atomic E-state index is 12.3. The number of nitro benzene ring substituents is 1. The van der Waals surface area contributed by atoms with Crippen molar-refractivity contribution >= 4 is 17.5 Å². The second kappa shape index (κ2) is 6.18. The summed E-state index contributed by atoms with van der Waals surface area (Å²) in [6.45, 7) is 0.516. The van der Waals surface area contributed by atoms with E-state index in [9.17, 15) is 14.9 Å². The number of piperidine rings is 1. The van der Waals surface area contributed by atoms with Gasteiger partial charge in [0.15, 0.2) is 0 Å². The maximum Gasteiger partial charge on any atom is 0.431 e. The molecule has 1 aromatic carbocycles. The monoisotopic (exact) mass is 346 g/mol. The zero-order valence-corrected chi connectivity index (χ0v) is 14.2. The first-order valence-electron chi connectivity index (χ1n) is 8.76. The number of rotatable bonds is 3. The average Bonchev–Trinajstić information content (AvgIpc) is 3.04. The number of non-ortho nitro benzene ring substituents is 1. The summed E-state index contributed by atoms with van der Waals surface area (Å²) in [7, 11) is 2.16. The molecule has 2 fully saturated rings. The number of benzene rings is 1. The topological polar surface area (TPSA) is 88.0 Å². The first kappa shape index (κ1) is 16.1. The van der Waals surface area contributed by atoms with Crippen LogP contribution in [0.5, 0.6) is 0 Å². The standard InChI is InChI=1S/C17H22N4O4/c1-19-13-4-5-14(19)9-12(8-13)18-17(22)25-20-7-6-11-2-3-15(21(23)24)10-16(11)20/h2-3,10,12-14H,4-9H2,1H3,(H,18,22). The third-order valence-electron chi connectivity index (χ3n) is 5.75. The van der Waals surface area contributed by atoms with Crippen LogP contribution in [-0.4, -0.2) is 47.6 Å². The lowest BCUT2D eigenvalue weighted by atomic mass is 9.98. The molecule has 0 spiro atoms. The van der Waals surface area contributed by atoms with Crippen LogP contribution in [-0.2, 0) is 11.3 Å². The van der Waals surface area contributed by atoms with Gasteiger partial charge < -0.3 is 15.1 Å². The predicted octanol–water partition coefficient (Wildman–Crippen LogP) is 2.22. The van der Waals surface area contributed by atoms with Gasteiger partial charge in [0, 0.05) is 30.3 Å². The smallest absolute Gasteiger partial charge is 0.322 e. The van der Waals surface area contributed by atoms with Crippen LogP contribution in [0.4, 0.5) is 16.2 Å². The van der Waals surface area contributed by atoms with E-state index >= 15 is 0 Å². The molecule has 2 atom stereocenters. The number of carbonyl (C=O) groups is 1. The van der Waals surface area contributed by atoms with E-state index in [0.717, 1.165) is 18.4 Å². The zero-order valence-electron chi connectivity index (χ0n) is 14.2. The molecule has 3 aliphatic rings. The van der Waals surface area contributed by atoms with Gasteiger partial charge in [-0.25, -0.2) is 9.86 Å². The first-order chi connectivity index (χ1) is 12.0. The Bertz CT molecular complexity index is 696. The van der Waals surface area contributed by atoms with Gasteiger partial charge in [-0.1, -0.05) is 0 Å². The molecule has 2 unspecified atom stereocenters. The summed E-state index contributed by atoms with van der Waals surface area (Å²) in [6.07, 6.45) is 4.51. The van der Waals surface area contributed by atoms with Crippen molar-refractivity contribution < 1.29 is 14.6 Å². The SMILES string of the molecule is CN1C2CCC1CC(NC(=O)ON1CCc3ccc([N+](=O)[O-])cc31)C2. The molecular formula is C17H22N4O4. The van der Waals surface area contributed by atoms with Gasteiger partial charge in [-0.05, 0) is 50.8 Å². The van der Waals surface area contributed by atoms with Gasteiger partial charge in [-0.15, -0.1) is 0 Å². The molecule has 3 aliphatic heterocycles. The Morgan fingerprint density at radius 3 is 2.72 bits per heavy atom. The number of fused-ring (bicyclic) bond motifs is 3. The molecule has 0 aliphatic carbocycles. The largest absolute Gasteiger partial charge is 0.431 e. The van der Waals surface area contributed by atoms with E-state index in [2.05, 4.69) is 17.3 Å². The van der Waals surface area contributed by atoms with E-state index in [1.807, 2.05) is 0 Å². The second-order valence-electron chi connectivity index (χ2n) is 7.16. The normalized spacial score (nSPS) is 27.9. The summed E-state index contributed by atoms with van der Waals surface area (Å²) in [4.78, 5) is 30.7. The first-order valence-corrected chi connectivity index (χ1v) is 8.76. The summed E-state index contributed by atoms with van der Waals surface area (Å²) in [5.74, 6) is 0. The number of hydrogen-bond donors (Lipinski definition) is 1. The number of anilines is 1. The summed E-state index contributed by atoms with van der Waals surface area (Å²) >= 11 is 0. The Morgan fingerprint density at radius 2 is 2.04 bits per heavy atom. The van der Waals surface area contributed by atoms with Gasteiger partial charge in [0.2, 0.25) is 0 Å². The van der Waals surface area contributed by atoms with Crippen LogP contribution in [0.3, 0.4) is 0 Å². The number of carbonyl (C=O) groups excluding carboxylic acids is 1. The highest BCUT2D eigenvalue weighted by Gasteiger charge is 2.39. The number of amides is 1. The minimum absolute atomic E-state index is 0.00144. The van der Waals surface area contributed by atoms with Crippen molar-refractivity contribution in [2.45, 2.75) is 50.2 Å². The fourth-order valence-electron chi connectivity index (χ4n) is 4.37. The fraction of sp³-hybridized carbons (Fsp3) is 0.588. The zero-order chi connectivity index (χ0) is 17.6. The third kappa shape index (κ3) is 3.02. The number of nitrogens with zero attached hydrogens (tertiary/aromatic N) is 3.